The van der Waals surface area contributed by atoms with E-state index < -0.39 is 18.3 Å². The smallest absolute Gasteiger partial charge is 0.399 e. The summed E-state index contributed by atoms with van der Waals surface area (Å²) in [6.45, 7) is 13.3. The van der Waals surface area contributed by atoms with Crippen molar-refractivity contribution in [3.05, 3.63) is 102 Å². The lowest BCUT2D eigenvalue weighted by atomic mass is 9.72. The Morgan fingerprint density at radius 2 is 0.925 bits per heavy atom. The van der Waals surface area contributed by atoms with Gasteiger partial charge < -0.3 is 9.31 Å². The third kappa shape index (κ3) is 3.03. The first-order valence-electron chi connectivity index (χ1n) is 14.4. The molecule has 0 aromatic heterocycles. The molecule has 1 aliphatic carbocycles. The van der Waals surface area contributed by atoms with Gasteiger partial charge in [0.2, 0.25) is 0 Å². The van der Waals surface area contributed by atoms with E-state index in [1.54, 1.807) is 0 Å². The van der Waals surface area contributed by atoms with Crippen LogP contribution in [0.1, 0.15) is 52.7 Å². The maximum atomic E-state index is 6.60. The quantitative estimate of drug-likeness (QED) is 0.159. The maximum absolute atomic E-state index is 6.60. The third-order valence-electron chi connectivity index (χ3n) is 10.1. The van der Waals surface area contributed by atoms with Crippen molar-refractivity contribution in [2.75, 3.05) is 0 Å². The third-order valence-corrected chi connectivity index (χ3v) is 10.1. The van der Waals surface area contributed by atoms with Gasteiger partial charge in [0, 0.05) is 5.41 Å². The SMILES string of the molecule is CC1(C)c2cc3c4ccccc4c4ccccc4c3cc2-c2c1cc(B1OC(C)(C)C(C)(C)O1)c1ccccc21. The van der Waals surface area contributed by atoms with Crippen LogP contribution in [-0.2, 0) is 14.7 Å². The van der Waals surface area contributed by atoms with Gasteiger partial charge in [-0.15, -0.1) is 0 Å². The van der Waals surface area contributed by atoms with E-state index in [0.29, 0.717) is 0 Å². The first-order valence-corrected chi connectivity index (χ1v) is 14.4. The average Bonchev–Trinajstić information content (AvgIpc) is 3.31. The van der Waals surface area contributed by atoms with Crippen LogP contribution in [0.2, 0.25) is 0 Å². The molecule has 0 unspecified atom stereocenters. The molecule has 1 heterocycles. The fraction of sp³-hybridized carbons (Fsp3) is 0.243. The van der Waals surface area contributed by atoms with Crippen LogP contribution in [0.5, 0.6) is 0 Å². The van der Waals surface area contributed by atoms with Crippen molar-refractivity contribution in [1.82, 2.24) is 0 Å². The summed E-state index contributed by atoms with van der Waals surface area (Å²) in [4.78, 5) is 0. The highest BCUT2D eigenvalue weighted by molar-refractivity contribution is 6.65. The van der Waals surface area contributed by atoms with E-state index in [1.165, 1.54) is 65.3 Å². The van der Waals surface area contributed by atoms with Crippen molar-refractivity contribution < 1.29 is 9.31 Å². The summed E-state index contributed by atoms with van der Waals surface area (Å²) in [6, 6.07) is 33.8. The Balaban J connectivity index is 1.46. The molecule has 0 radical (unpaired) electrons. The van der Waals surface area contributed by atoms with E-state index in [0.717, 1.165) is 5.46 Å². The summed E-state index contributed by atoms with van der Waals surface area (Å²) in [7, 11) is -0.410. The predicted octanol–water partition coefficient (Wildman–Crippen LogP) is 8.90. The van der Waals surface area contributed by atoms with Crippen molar-refractivity contribution in [2.24, 2.45) is 0 Å². The summed E-state index contributed by atoms with van der Waals surface area (Å²) in [5, 5.41) is 10.3. The van der Waals surface area contributed by atoms with Gasteiger partial charge in [-0.2, -0.15) is 0 Å². The van der Waals surface area contributed by atoms with Gasteiger partial charge in [-0.3, -0.25) is 0 Å². The predicted molar refractivity (Wildman–Crippen MR) is 170 cm³/mol. The van der Waals surface area contributed by atoms with Crippen LogP contribution < -0.4 is 5.46 Å². The van der Waals surface area contributed by atoms with Crippen molar-refractivity contribution in [2.45, 2.75) is 58.2 Å². The molecular formula is C37H33BO2. The van der Waals surface area contributed by atoms with Gasteiger partial charge in [0.25, 0.3) is 0 Å². The molecule has 1 saturated heterocycles. The molecule has 0 bridgehead atoms. The Labute approximate surface area is 236 Å². The molecule has 0 spiro atoms. The van der Waals surface area contributed by atoms with Crippen LogP contribution in [0.15, 0.2) is 91.0 Å². The molecule has 1 aliphatic heterocycles. The minimum atomic E-state index is -0.410. The van der Waals surface area contributed by atoms with Crippen LogP contribution in [-0.4, -0.2) is 18.3 Å². The van der Waals surface area contributed by atoms with E-state index in [1.807, 2.05) is 0 Å². The molecule has 0 saturated carbocycles. The number of rotatable bonds is 1. The Bertz CT molecular complexity index is 2030. The number of hydrogen-bond acceptors (Lipinski definition) is 2. The van der Waals surface area contributed by atoms with E-state index in [2.05, 4.69) is 133 Å². The first-order chi connectivity index (χ1) is 19.1. The zero-order valence-electron chi connectivity index (χ0n) is 24.1. The van der Waals surface area contributed by atoms with Crippen LogP contribution in [0, 0.1) is 0 Å². The monoisotopic (exact) mass is 520 g/mol. The Morgan fingerprint density at radius 3 is 1.48 bits per heavy atom. The Morgan fingerprint density at radius 1 is 0.475 bits per heavy atom. The first kappa shape index (κ1) is 24.2. The molecule has 6 aromatic carbocycles. The van der Waals surface area contributed by atoms with Crippen LogP contribution in [0.25, 0.3) is 54.2 Å². The van der Waals surface area contributed by atoms with Gasteiger partial charge in [-0.1, -0.05) is 92.7 Å². The molecule has 0 amide bonds. The van der Waals surface area contributed by atoms with Gasteiger partial charge in [0.15, 0.2) is 0 Å². The summed E-state index contributed by atoms with van der Waals surface area (Å²) in [5.41, 5.74) is 5.57. The molecule has 1 fully saturated rings. The number of fused-ring (bicyclic) bond motifs is 11. The van der Waals surface area contributed by atoms with Crippen LogP contribution >= 0.6 is 0 Å². The summed E-state index contributed by atoms with van der Waals surface area (Å²) in [6.07, 6.45) is 0. The largest absolute Gasteiger partial charge is 0.495 e. The summed E-state index contributed by atoms with van der Waals surface area (Å²) >= 11 is 0. The molecule has 40 heavy (non-hydrogen) atoms. The van der Waals surface area contributed by atoms with Gasteiger partial charge in [-0.05, 0) is 111 Å². The van der Waals surface area contributed by atoms with E-state index in [-0.39, 0.29) is 5.41 Å². The highest BCUT2D eigenvalue weighted by atomic mass is 16.7. The topological polar surface area (TPSA) is 18.5 Å². The average molecular weight is 520 g/mol. The summed E-state index contributed by atoms with van der Waals surface area (Å²) < 4.78 is 13.2. The second-order valence-corrected chi connectivity index (χ2v) is 13.2. The second-order valence-electron chi connectivity index (χ2n) is 13.2. The lowest BCUT2D eigenvalue weighted by molar-refractivity contribution is 0.00578. The Hall–Kier alpha value is -3.66. The highest BCUT2D eigenvalue weighted by Gasteiger charge is 2.52. The van der Waals surface area contributed by atoms with E-state index in [4.69, 9.17) is 9.31 Å². The molecule has 2 aliphatic rings. The van der Waals surface area contributed by atoms with E-state index >= 15 is 0 Å². The van der Waals surface area contributed by atoms with Gasteiger partial charge in [-0.25, -0.2) is 0 Å². The second kappa shape index (κ2) is 7.75. The molecule has 8 rings (SSSR count). The van der Waals surface area contributed by atoms with Gasteiger partial charge in [0.1, 0.15) is 0 Å². The standard InChI is InChI=1S/C37H33BO2/c1-35(2)31-20-29-25-16-10-8-14-23(25)22-13-7-9-15-24(22)28(29)19-30(31)34-27-18-12-11-17-26(27)33(21-32(34)35)38-39-36(3,4)37(5,6)40-38/h7-21H,1-6H3. The van der Waals surface area contributed by atoms with Crippen molar-refractivity contribution >= 4 is 55.7 Å². The molecular weight excluding hydrogens is 487 g/mol. The van der Waals surface area contributed by atoms with E-state index in [9.17, 15) is 0 Å². The Kier molecular flexibility index (Phi) is 4.68. The zero-order valence-corrected chi connectivity index (χ0v) is 24.1. The molecule has 196 valence electrons. The molecule has 6 aromatic rings. The normalized spacial score (nSPS) is 18.6. The zero-order chi connectivity index (χ0) is 27.6. The lowest BCUT2D eigenvalue weighted by Crippen LogP contribution is -2.41. The molecule has 0 N–H and O–H groups in total. The maximum Gasteiger partial charge on any atom is 0.495 e. The minimum Gasteiger partial charge on any atom is -0.399 e. The summed E-state index contributed by atoms with van der Waals surface area (Å²) in [5.74, 6) is 0. The van der Waals surface area contributed by atoms with Gasteiger partial charge >= 0.3 is 7.12 Å². The van der Waals surface area contributed by atoms with Crippen molar-refractivity contribution in [1.29, 1.82) is 0 Å². The van der Waals surface area contributed by atoms with Crippen LogP contribution in [0.4, 0.5) is 0 Å². The fourth-order valence-electron chi connectivity index (χ4n) is 7.17. The number of hydrogen-bond donors (Lipinski definition) is 0. The molecule has 3 heteroatoms. The van der Waals surface area contributed by atoms with Crippen molar-refractivity contribution in [3.8, 4) is 11.1 Å². The fourth-order valence-corrected chi connectivity index (χ4v) is 7.17. The van der Waals surface area contributed by atoms with Crippen LogP contribution in [0.3, 0.4) is 0 Å². The van der Waals surface area contributed by atoms with Crippen molar-refractivity contribution in [3.63, 3.8) is 0 Å². The molecule has 0 atom stereocenters. The number of benzene rings is 6. The van der Waals surface area contributed by atoms with Gasteiger partial charge in [0.05, 0.1) is 11.2 Å². The highest BCUT2D eigenvalue weighted by Crippen LogP contribution is 2.53. The lowest BCUT2D eigenvalue weighted by Gasteiger charge is -2.32. The minimum absolute atomic E-state index is 0.173. The molecule has 2 nitrogen and oxygen atoms in total.